The number of amides is 5. The summed E-state index contributed by atoms with van der Waals surface area (Å²) in [5, 5.41) is 5.88. The van der Waals surface area contributed by atoms with Gasteiger partial charge in [0, 0.05) is 18.7 Å². The Hall–Kier alpha value is -3.39. The summed E-state index contributed by atoms with van der Waals surface area (Å²) < 4.78 is 0. The summed E-state index contributed by atoms with van der Waals surface area (Å²) in [5.41, 5.74) is 1.75. The summed E-state index contributed by atoms with van der Waals surface area (Å²) in [6.07, 6.45) is 3.39. The highest BCUT2D eigenvalue weighted by molar-refractivity contribution is 6.34. The molecule has 8 nitrogen and oxygen atoms in total. The summed E-state index contributed by atoms with van der Waals surface area (Å²) in [6.45, 7) is 0.208. The van der Waals surface area contributed by atoms with Crippen LogP contribution in [-0.2, 0) is 26.3 Å². The van der Waals surface area contributed by atoms with E-state index >= 15 is 0 Å². The van der Waals surface area contributed by atoms with Crippen molar-refractivity contribution in [1.82, 2.24) is 10.2 Å². The van der Waals surface area contributed by atoms with E-state index in [1.807, 2.05) is 24.3 Å². The molecule has 3 aliphatic rings. The van der Waals surface area contributed by atoms with Crippen molar-refractivity contribution in [2.24, 2.45) is 0 Å². The number of nitrogens with one attached hydrogen (secondary N) is 2. The Bertz CT molecular complexity index is 1180. The molecular weight excluding hydrogens is 444 g/mol. The maximum absolute atomic E-state index is 13.3. The first-order valence-electron chi connectivity index (χ1n) is 11.0. The minimum absolute atomic E-state index is 0.0189. The fourth-order valence-corrected chi connectivity index (χ4v) is 5.29. The third-order valence-electron chi connectivity index (χ3n) is 6.55. The minimum Gasteiger partial charge on any atom is -0.324 e. The van der Waals surface area contributed by atoms with Crippen LogP contribution in [0, 0.1) is 0 Å². The minimum atomic E-state index is -1.11. The van der Waals surface area contributed by atoms with Gasteiger partial charge in [-0.05, 0) is 55.0 Å². The van der Waals surface area contributed by atoms with Gasteiger partial charge in [0.25, 0.3) is 5.91 Å². The van der Waals surface area contributed by atoms with Gasteiger partial charge in [0.1, 0.15) is 12.1 Å². The predicted molar refractivity (Wildman–Crippen MR) is 123 cm³/mol. The average Bonchev–Trinajstić information content (AvgIpc) is 3.31. The van der Waals surface area contributed by atoms with Crippen molar-refractivity contribution in [1.29, 1.82) is 0 Å². The van der Waals surface area contributed by atoms with Crippen LogP contribution in [0.1, 0.15) is 36.8 Å². The van der Waals surface area contributed by atoms with E-state index in [0.717, 1.165) is 35.3 Å². The van der Waals surface area contributed by atoms with Crippen LogP contribution in [0.4, 0.5) is 16.2 Å². The molecule has 2 heterocycles. The third kappa shape index (κ3) is 3.64. The number of anilines is 2. The van der Waals surface area contributed by atoms with Crippen LogP contribution < -0.4 is 15.5 Å². The Morgan fingerprint density at radius 3 is 2.67 bits per heavy atom. The molecule has 2 aromatic rings. The average molecular weight is 467 g/mol. The van der Waals surface area contributed by atoms with Crippen molar-refractivity contribution >= 4 is 46.7 Å². The molecule has 1 spiro atoms. The van der Waals surface area contributed by atoms with Crippen LogP contribution in [0.25, 0.3) is 0 Å². The van der Waals surface area contributed by atoms with Gasteiger partial charge < -0.3 is 15.5 Å². The molecule has 1 atom stereocenters. The lowest BCUT2D eigenvalue weighted by atomic mass is 9.76. The quantitative estimate of drug-likeness (QED) is 0.676. The lowest BCUT2D eigenvalue weighted by Crippen LogP contribution is -2.47. The molecule has 1 aliphatic carbocycles. The van der Waals surface area contributed by atoms with Crippen molar-refractivity contribution < 1.29 is 19.2 Å². The van der Waals surface area contributed by atoms with Crippen molar-refractivity contribution in [3.8, 4) is 0 Å². The maximum Gasteiger partial charge on any atom is 0.325 e. The van der Waals surface area contributed by atoms with E-state index in [0.29, 0.717) is 35.8 Å². The van der Waals surface area contributed by atoms with E-state index in [-0.39, 0.29) is 5.91 Å². The Morgan fingerprint density at radius 1 is 1.09 bits per heavy atom. The molecule has 2 aromatic carbocycles. The Morgan fingerprint density at radius 2 is 1.91 bits per heavy atom. The van der Waals surface area contributed by atoms with Crippen LogP contribution in [0.3, 0.4) is 0 Å². The normalized spacial score (nSPS) is 22.0. The highest BCUT2D eigenvalue weighted by atomic mass is 35.5. The summed E-state index contributed by atoms with van der Waals surface area (Å²) in [7, 11) is 0. The molecule has 5 amide bonds. The largest absolute Gasteiger partial charge is 0.325 e. The summed E-state index contributed by atoms with van der Waals surface area (Å²) >= 11 is 6.35. The molecule has 170 valence electrons. The molecular formula is C24H23ClN4O4. The van der Waals surface area contributed by atoms with E-state index in [9.17, 15) is 19.2 Å². The number of fused-ring (bicyclic) bond motifs is 2. The van der Waals surface area contributed by atoms with Crippen molar-refractivity contribution in [2.75, 3.05) is 23.3 Å². The number of nitrogens with zero attached hydrogens (tertiary/aromatic N) is 2. The summed E-state index contributed by atoms with van der Waals surface area (Å²) in [4.78, 5) is 53.3. The van der Waals surface area contributed by atoms with Gasteiger partial charge in [0.05, 0.1) is 10.7 Å². The molecule has 0 saturated carbocycles. The Labute approximate surface area is 195 Å². The zero-order valence-electron chi connectivity index (χ0n) is 17.9. The van der Waals surface area contributed by atoms with Gasteiger partial charge in [-0.25, -0.2) is 4.79 Å². The highest BCUT2D eigenvalue weighted by Gasteiger charge is 2.54. The van der Waals surface area contributed by atoms with Gasteiger partial charge in [-0.2, -0.15) is 0 Å². The highest BCUT2D eigenvalue weighted by Crippen LogP contribution is 2.40. The molecule has 2 N–H and O–H groups in total. The molecule has 1 unspecified atom stereocenters. The number of urea groups is 1. The van der Waals surface area contributed by atoms with Gasteiger partial charge in [0.2, 0.25) is 11.8 Å². The van der Waals surface area contributed by atoms with E-state index in [1.54, 1.807) is 23.1 Å². The smallest absolute Gasteiger partial charge is 0.324 e. The van der Waals surface area contributed by atoms with Crippen LogP contribution in [0.15, 0.2) is 42.5 Å². The van der Waals surface area contributed by atoms with Crippen molar-refractivity contribution in [3.05, 3.63) is 58.6 Å². The standard InChI is InChI=1S/C24H23ClN4O4/c25-18-13-16(9-10-19(18)28-12-4-8-21(28)31)26-20(30)14-29-22(32)24(27-23(29)33)11-3-6-15-5-1-2-7-17(15)24/h1-2,5,7,9-10,13H,3-4,6,8,11-12,14H2,(H,26,30)(H,27,33). The number of carbonyl (C=O) groups is 4. The van der Waals surface area contributed by atoms with Crippen molar-refractivity contribution in [3.63, 3.8) is 0 Å². The number of carbonyl (C=O) groups excluding carboxylic acids is 4. The van der Waals surface area contributed by atoms with E-state index in [1.165, 1.54) is 0 Å². The number of halogens is 1. The summed E-state index contributed by atoms with van der Waals surface area (Å²) in [6, 6.07) is 11.9. The lowest BCUT2D eigenvalue weighted by molar-refractivity contribution is -0.134. The number of imide groups is 1. The number of aryl methyl sites for hydroxylation is 1. The Balaban J connectivity index is 1.30. The SMILES string of the molecule is O=C(CN1C(=O)NC2(CCCc3ccccc32)C1=O)Nc1ccc(N2CCCC2=O)c(Cl)c1. The zero-order chi connectivity index (χ0) is 23.2. The second-order valence-electron chi connectivity index (χ2n) is 8.60. The first-order chi connectivity index (χ1) is 15.9. The van der Waals surface area contributed by atoms with E-state index in [2.05, 4.69) is 10.6 Å². The van der Waals surface area contributed by atoms with Crippen LogP contribution in [-0.4, -0.2) is 41.7 Å². The van der Waals surface area contributed by atoms with Crippen molar-refractivity contribution in [2.45, 2.75) is 37.6 Å². The van der Waals surface area contributed by atoms with E-state index in [4.69, 9.17) is 11.6 Å². The van der Waals surface area contributed by atoms with Crippen LogP contribution in [0.5, 0.6) is 0 Å². The third-order valence-corrected chi connectivity index (χ3v) is 6.85. The molecule has 2 aliphatic heterocycles. The molecule has 0 radical (unpaired) electrons. The van der Waals surface area contributed by atoms with Gasteiger partial charge in [-0.3, -0.25) is 19.3 Å². The molecule has 0 bridgehead atoms. The molecule has 33 heavy (non-hydrogen) atoms. The van der Waals surface area contributed by atoms with Gasteiger partial charge in [-0.15, -0.1) is 0 Å². The van der Waals surface area contributed by atoms with Gasteiger partial charge in [0.15, 0.2) is 0 Å². The van der Waals surface area contributed by atoms with Crippen LogP contribution >= 0.6 is 11.6 Å². The zero-order valence-corrected chi connectivity index (χ0v) is 18.7. The first-order valence-corrected chi connectivity index (χ1v) is 11.4. The molecule has 2 saturated heterocycles. The molecule has 0 aromatic heterocycles. The number of rotatable bonds is 4. The second kappa shape index (κ2) is 8.19. The second-order valence-corrected chi connectivity index (χ2v) is 9.01. The number of benzene rings is 2. The van der Waals surface area contributed by atoms with Gasteiger partial charge >= 0.3 is 6.03 Å². The molecule has 5 rings (SSSR count). The maximum atomic E-state index is 13.3. The van der Waals surface area contributed by atoms with Gasteiger partial charge in [-0.1, -0.05) is 35.9 Å². The Kier molecular flexibility index (Phi) is 5.32. The fraction of sp³-hybridized carbons (Fsp3) is 0.333. The fourth-order valence-electron chi connectivity index (χ4n) is 5.01. The first kappa shape index (κ1) is 21.5. The predicted octanol–water partition coefficient (Wildman–Crippen LogP) is 3.19. The number of hydrogen-bond donors (Lipinski definition) is 2. The number of hydrogen-bond acceptors (Lipinski definition) is 4. The topological polar surface area (TPSA) is 98.8 Å². The summed E-state index contributed by atoms with van der Waals surface area (Å²) in [5.74, 6) is -0.901. The lowest BCUT2D eigenvalue weighted by Gasteiger charge is -2.33. The molecule has 2 fully saturated rings. The monoisotopic (exact) mass is 466 g/mol. The van der Waals surface area contributed by atoms with Crippen LogP contribution in [0.2, 0.25) is 5.02 Å². The molecule has 9 heteroatoms. The van der Waals surface area contributed by atoms with E-state index < -0.39 is 29.9 Å².